The molecular weight excluding hydrogens is 709 g/mol. The van der Waals surface area contributed by atoms with Crippen LogP contribution in [0.25, 0.3) is 32.9 Å². The van der Waals surface area contributed by atoms with Crippen LogP contribution in [0, 0.1) is 23.8 Å². The van der Waals surface area contributed by atoms with Gasteiger partial charge in [0.15, 0.2) is 5.78 Å². The first-order valence-corrected chi connectivity index (χ1v) is 15.5. The molecule has 0 atom stereocenters. The van der Waals surface area contributed by atoms with Crippen molar-refractivity contribution in [1.82, 2.24) is 9.97 Å². The van der Waals surface area contributed by atoms with E-state index in [-0.39, 0.29) is 54.8 Å². The number of rotatable bonds is 9. The molecule has 2 aromatic heterocycles. The van der Waals surface area contributed by atoms with E-state index in [1.807, 2.05) is 72.0 Å². The molecule has 0 saturated heterocycles. The molecule has 0 spiro atoms. The molecule has 0 saturated carbocycles. The van der Waals surface area contributed by atoms with Gasteiger partial charge in [-0.25, -0.2) is 0 Å². The Morgan fingerprint density at radius 2 is 1.70 bits per heavy atom. The van der Waals surface area contributed by atoms with Crippen molar-refractivity contribution in [2.45, 2.75) is 92.9 Å². The third-order valence-corrected chi connectivity index (χ3v) is 8.65. The molecule has 5 heteroatoms. The molecule has 2 aromatic carbocycles. The van der Waals surface area contributed by atoms with Crippen molar-refractivity contribution >= 4 is 27.5 Å². The number of benzene rings is 2. The van der Waals surface area contributed by atoms with E-state index in [0.717, 1.165) is 75.3 Å². The Balaban J connectivity index is 0.000000297. The summed E-state index contributed by atoms with van der Waals surface area (Å²) in [5.41, 5.74) is 5.55. The molecule has 1 radical (unpaired) electrons. The number of hydrogen-bond donors (Lipinski definition) is 1. The molecule has 0 aliphatic heterocycles. The van der Waals surface area contributed by atoms with Gasteiger partial charge in [0.1, 0.15) is 0 Å². The number of aliphatic hydroxyl groups excluding tert-OH is 1. The Labute approximate surface area is 274 Å². The van der Waals surface area contributed by atoms with Gasteiger partial charge in [0, 0.05) is 53.2 Å². The zero-order valence-corrected chi connectivity index (χ0v) is 29.2. The summed E-state index contributed by atoms with van der Waals surface area (Å²) in [5.74, 6) is 0.428. The van der Waals surface area contributed by atoms with E-state index < -0.39 is 6.37 Å². The average Bonchev–Trinajstić information content (AvgIpc) is 3.00. The number of pyridine rings is 2. The fraction of sp³-hybridized carbons (Fsp3) is 0.447. The largest absolute Gasteiger partial charge is 0.512 e. The van der Waals surface area contributed by atoms with E-state index in [9.17, 15) is 9.90 Å². The van der Waals surface area contributed by atoms with Gasteiger partial charge in [-0.2, -0.15) is 0 Å². The van der Waals surface area contributed by atoms with Crippen LogP contribution in [0.5, 0.6) is 0 Å². The van der Waals surface area contributed by atoms with E-state index in [1.54, 1.807) is 6.20 Å². The molecule has 5 rings (SSSR count). The number of allylic oxidation sites excluding steroid dienone is 2. The van der Waals surface area contributed by atoms with Gasteiger partial charge in [0.05, 0.1) is 5.76 Å². The summed E-state index contributed by atoms with van der Waals surface area (Å²) in [6, 6.07) is 15.5. The summed E-state index contributed by atoms with van der Waals surface area (Å²) >= 11 is 0. The Bertz CT molecular complexity index is 1690. The summed E-state index contributed by atoms with van der Waals surface area (Å²) in [7, 11) is 0. The van der Waals surface area contributed by atoms with Crippen LogP contribution in [-0.4, -0.2) is 20.9 Å². The minimum atomic E-state index is -1.41. The number of fused-ring (bicyclic) bond motifs is 4. The number of carbonyl (C=O) groups excluding carboxylic acids is 1. The van der Waals surface area contributed by atoms with E-state index in [1.165, 1.54) is 6.08 Å². The van der Waals surface area contributed by atoms with Crippen LogP contribution in [0.4, 0.5) is 0 Å². The standard InChI is InChI=1S/C25H23N2.C13H24O2.Ir/c1-15(2)12-16-13-17-9-11-27-24-19-7-8-21-18(6-5-10-26-21)23(19)25(3,4)20(14-16)22(17)24;1-5-10(6-2)12(14)9-13(15)11(7-3)8-4;/h5-6,8-11,13-15H,12H2,1-4H3;9-11,14H,5-8H2,1-4H3;/q-1;;/b;12-9-;/i12D2;;. The normalized spacial score (nSPS) is 14.6. The first kappa shape index (κ1) is 31.5. The molecule has 2 heterocycles. The summed E-state index contributed by atoms with van der Waals surface area (Å²) in [5, 5.41) is 13.0. The first-order valence-electron chi connectivity index (χ1n) is 16.5. The Kier molecular flexibility index (Phi) is 10.8. The van der Waals surface area contributed by atoms with Crippen molar-refractivity contribution < 1.29 is 32.7 Å². The molecule has 4 aromatic rings. The molecule has 0 fully saturated rings. The maximum absolute atomic E-state index is 11.7. The number of aromatic nitrogens is 2. The van der Waals surface area contributed by atoms with Crippen molar-refractivity contribution in [3.63, 3.8) is 0 Å². The summed E-state index contributed by atoms with van der Waals surface area (Å²) in [6.07, 6.45) is 7.13. The monoisotopic (exact) mass is 758 g/mol. The minimum Gasteiger partial charge on any atom is -0.512 e. The van der Waals surface area contributed by atoms with Gasteiger partial charge in [-0.05, 0) is 88.6 Å². The second-order valence-electron chi connectivity index (χ2n) is 12.2. The molecule has 1 aliphatic carbocycles. The van der Waals surface area contributed by atoms with Gasteiger partial charge < -0.3 is 15.1 Å². The fourth-order valence-electron chi connectivity index (χ4n) is 6.26. The topological polar surface area (TPSA) is 63.1 Å². The smallest absolute Gasteiger partial charge is 0.162 e. The average molecular weight is 758 g/mol. The number of carbonyl (C=O) groups is 1. The van der Waals surface area contributed by atoms with Crippen LogP contribution in [-0.2, 0) is 36.7 Å². The van der Waals surface area contributed by atoms with Crippen LogP contribution < -0.4 is 0 Å². The number of hydrogen-bond acceptors (Lipinski definition) is 4. The van der Waals surface area contributed by atoms with Crippen LogP contribution >= 0.6 is 0 Å². The second kappa shape index (κ2) is 14.7. The summed E-state index contributed by atoms with van der Waals surface area (Å²) in [4.78, 5) is 21.0. The van der Waals surface area contributed by atoms with E-state index >= 15 is 0 Å². The predicted octanol–water partition coefficient (Wildman–Crippen LogP) is 9.96. The van der Waals surface area contributed by atoms with Crippen molar-refractivity contribution in [2.24, 2.45) is 17.8 Å². The van der Waals surface area contributed by atoms with Crippen LogP contribution in [0.15, 0.2) is 60.6 Å². The molecule has 1 aliphatic rings. The van der Waals surface area contributed by atoms with E-state index in [4.69, 9.17) is 7.73 Å². The van der Waals surface area contributed by atoms with Gasteiger partial charge >= 0.3 is 0 Å². The Hall–Kier alpha value is -2.88. The number of nitrogens with zero attached hydrogens (tertiary/aromatic N) is 2. The predicted molar refractivity (Wildman–Crippen MR) is 176 cm³/mol. The second-order valence-corrected chi connectivity index (χ2v) is 12.2. The van der Waals surface area contributed by atoms with Crippen LogP contribution in [0.2, 0.25) is 0 Å². The first-order chi connectivity index (χ1) is 20.8. The van der Waals surface area contributed by atoms with Gasteiger partial charge in [0.2, 0.25) is 0 Å². The molecular formula is C38H47IrN2O2-. The maximum atomic E-state index is 11.7. The summed E-state index contributed by atoms with van der Waals surface area (Å²) in [6.45, 7) is 16.4. The minimum absolute atomic E-state index is 0. The zero-order valence-electron chi connectivity index (χ0n) is 28.8. The molecule has 43 heavy (non-hydrogen) atoms. The molecule has 0 bridgehead atoms. The van der Waals surface area contributed by atoms with Crippen molar-refractivity contribution in [3.05, 3.63) is 83.4 Å². The third-order valence-electron chi connectivity index (χ3n) is 8.65. The van der Waals surface area contributed by atoms with Gasteiger partial charge in [0.25, 0.3) is 0 Å². The van der Waals surface area contributed by atoms with Crippen molar-refractivity contribution in [1.29, 1.82) is 0 Å². The molecule has 0 unspecified atom stereocenters. The number of aliphatic hydroxyl groups is 1. The zero-order chi connectivity index (χ0) is 32.4. The molecule has 0 amide bonds. The molecule has 4 nitrogen and oxygen atoms in total. The third kappa shape index (κ3) is 7.10. The maximum Gasteiger partial charge on any atom is 0.162 e. The van der Waals surface area contributed by atoms with Crippen LogP contribution in [0.1, 0.15) is 101 Å². The van der Waals surface area contributed by atoms with Crippen molar-refractivity contribution in [2.75, 3.05) is 0 Å². The molecule has 1 N–H and O–H groups in total. The summed E-state index contributed by atoms with van der Waals surface area (Å²) < 4.78 is 17.4. The fourth-order valence-corrected chi connectivity index (χ4v) is 6.26. The number of ketones is 1. The van der Waals surface area contributed by atoms with Gasteiger partial charge in [-0.3, -0.25) is 4.79 Å². The van der Waals surface area contributed by atoms with E-state index in [2.05, 4.69) is 37.0 Å². The van der Waals surface area contributed by atoms with Crippen LogP contribution in [0.3, 0.4) is 0 Å². The SMILES string of the molecule is CCC(CC)C(=O)/C=C(\O)C(CC)CC.[2H]C([2H])(c1cc2c3c(nccc3c1)-c1[c-]cc3ncccc3c1C2(C)C)C(C)C.[Ir]. The Morgan fingerprint density at radius 3 is 2.33 bits per heavy atom. The van der Waals surface area contributed by atoms with Gasteiger partial charge in [-0.15, -0.1) is 23.3 Å². The Morgan fingerprint density at radius 1 is 1.02 bits per heavy atom. The van der Waals surface area contributed by atoms with Gasteiger partial charge in [-0.1, -0.05) is 79.0 Å². The quantitative estimate of drug-likeness (QED) is 0.105. The van der Waals surface area contributed by atoms with Crippen molar-refractivity contribution in [3.8, 4) is 11.3 Å². The molecule has 231 valence electrons. The van der Waals surface area contributed by atoms with E-state index in [0.29, 0.717) is 0 Å².